The Bertz CT molecular complexity index is 970. The minimum atomic E-state index is 0.0496. The van der Waals surface area contributed by atoms with Gasteiger partial charge in [0.25, 0.3) is 0 Å². The minimum Gasteiger partial charge on any atom is -0.354 e. The van der Waals surface area contributed by atoms with Gasteiger partial charge in [-0.1, -0.05) is 59.8 Å². The first-order chi connectivity index (χ1) is 14.7. The van der Waals surface area contributed by atoms with Gasteiger partial charge in [0.15, 0.2) is 5.82 Å². The lowest BCUT2D eigenvalue weighted by atomic mass is 9.96. The molecule has 1 aromatic heterocycles. The number of nitrogens with zero attached hydrogens (tertiary/aromatic N) is 3. The number of carbonyl (C=O) groups excluding carboxylic acids is 1. The molecule has 1 N–H and O–H groups in total. The highest BCUT2D eigenvalue weighted by molar-refractivity contribution is 7.99. The van der Waals surface area contributed by atoms with E-state index < -0.39 is 0 Å². The highest BCUT2D eigenvalue weighted by Crippen LogP contribution is 2.33. The molecule has 0 saturated carbocycles. The summed E-state index contributed by atoms with van der Waals surface area (Å²) >= 11 is 1.63. The van der Waals surface area contributed by atoms with Gasteiger partial charge >= 0.3 is 0 Å². The molecule has 0 bridgehead atoms. The van der Waals surface area contributed by atoms with Crippen LogP contribution in [0.4, 0.5) is 5.82 Å². The first kappa shape index (κ1) is 20.4. The van der Waals surface area contributed by atoms with Crippen molar-refractivity contribution in [2.45, 2.75) is 36.2 Å². The highest BCUT2D eigenvalue weighted by atomic mass is 32.2. The lowest BCUT2D eigenvalue weighted by Gasteiger charge is -2.32. The zero-order valence-electron chi connectivity index (χ0n) is 17.1. The lowest BCUT2D eigenvalue weighted by molar-refractivity contribution is -0.125. The van der Waals surface area contributed by atoms with Gasteiger partial charge < -0.3 is 10.2 Å². The number of hydrogen-bond acceptors (Lipinski definition) is 5. The molecule has 2 aromatic carbocycles. The van der Waals surface area contributed by atoms with Crippen LogP contribution in [0.3, 0.4) is 0 Å². The van der Waals surface area contributed by atoms with E-state index in [1.165, 1.54) is 5.56 Å². The largest absolute Gasteiger partial charge is 0.354 e. The van der Waals surface area contributed by atoms with Gasteiger partial charge in [0, 0.05) is 42.8 Å². The van der Waals surface area contributed by atoms with E-state index in [9.17, 15) is 4.79 Å². The number of anilines is 1. The Morgan fingerprint density at radius 2 is 1.73 bits per heavy atom. The van der Waals surface area contributed by atoms with E-state index >= 15 is 0 Å². The van der Waals surface area contributed by atoms with Crippen molar-refractivity contribution in [2.24, 2.45) is 5.92 Å². The topological polar surface area (TPSA) is 58.1 Å². The standard InChI is InChI=1S/C24H26N4OS/c1-18-7-9-19(10-8-18)17-27-23(29)20-11-15-28(16-12-20)22-24(26-14-13-25-22)30-21-5-3-2-4-6-21/h2-10,13-14,20H,11-12,15-17H2,1H3,(H,27,29). The molecule has 1 fully saturated rings. The molecule has 3 aromatic rings. The molecular weight excluding hydrogens is 392 g/mol. The van der Waals surface area contributed by atoms with Crippen LogP contribution < -0.4 is 10.2 Å². The van der Waals surface area contributed by atoms with E-state index in [1.807, 2.05) is 18.2 Å². The molecule has 1 amide bonds. The quantitative estimate of drug-likeness (QED) is 0.640. The third kappa shape index (κ3) is 5.19. The summed E-state index contributed by atoms with van der Waals surface area (Å²) in [6.45, 7) is 4.27. The predicted molar refractivity (Wildman–Crippen MR) is 121 cm³/mol. The first-order valence-electron chi connectivity index (χ1n) is 10.3. The Balaban J connectivity index is 1.33. The fraction of sp³-hybridized carbons (Fsp3) is 0.292. The van der Waals surface area contributed by atoms with Crippen molar-refractivity contribution in [3.63, 3.8) is 0 Å². The SMILES string of the molecule is Cc1ccc(CNC(=O)C2CCN(c3nccnc3Sc3ccccc3)CC2)cc1. The zero-order chi connectivity index (χ0) is 20.8. The maximum absolute atomic E-state index is 12.6. The number of rotatable bonds is 6. The fourth-order valence-corrected chi connectivity index (χ4v) is 4.50. The van der Waals surface area contributed by atoms with Crippen LogP contribution in [0.2, 0.25) is 0 Å². The minimum absolute atomic E-state index is 0.0496. The maximum atomic E-state index is 12.6. The van der Waals surface area contributed by atoms with Gasteiger partial charge in [-0.05, 0) is 37.5 Å². The molecule has 30 heavy (non-hydrogen) atoms. The molecule has 1 aliphatic heterocycles. The molecule has 1 aliphatic rings. The van der Waals surface area contributed by atoms with E-state index in [2.05, 4.69) is 63.5 Å². The molecular formula is C24H26N4OS. The fourth-order valence-electron chi connectivity index (χ4n) is 3.60. The van der Waals surface area contributed by atoms with Crippen molar-refractivity contribution in [3.05, 3.63) is 78.1 Å². The molecule has 2 heterocycles. The Hall–Kier alpha value is -2.86. The Labute approximate surface area is 181 Å². The number of nitrogens with one attached hydrogen (secondary N) is 1. The summed E-state index contributed by atoms with van der Waals surface area (Å²) in [7, 11) is 0. The molecule has 5 nitrogen and oxygen atoms in total. The van der Waals surface area contributed by atoms with Crippen molar-refractivity contribution < 1.29 is 4.79 Å². The monoisotopic (exact) mass is 418 g/mol. The average molecular weight is 419 g/mol. The number of benzene rings is 2. The normalized spacial score (nSPS) is 14.5. The van der Waals surface area contributed by atoms with Crippen LogP contribution in [-0.2, 0) is 11.3 Å². The second-order valence-corrected chi connectivity index (χ2v) is 8.63. The lowest BCUT2D eigenvalue weighted by Crippen LogP contribution is -2.41. The van der Waals surface area contributed by atoms with E-state index in [0.717, 1.165) is 47.2 Å². The highest BCUT2D eigenvalue weighted by Gasteiger charge is 2.27. The van der Waals surface area contributed by atoms with Gasteiger partial charge in [-0.15, -0.1) is 0 Å². The average Bonchev–Trinajstić information content (AvgIpc) is 2.80. The second kappa shape index (κ2) is 9.76. The third-order valence-electron chi connectivity index (χ3n) is 5.36. The van der Waals surface area contributed by atoms with E-state index in [-0.39, 0.29) is 11.8 Å². The number of aromatic nitrogens is 2. The maximum Gasteiger partial charge on any atom is 0.223 e. The van der Waals surface area contributed by atoms with Crippen molar-refractivity contribution in [3.8, 4) is 0 Å². The molecule has 0 atom stereocenters. The molecule has 0 unspecified atom stereocenters. The zero-order valence-corrected chi connectivity index (χ0v) is 17.9. The molecule has 0 spiro atoms. The number of amides is 1. The molecule has 154 valence electrons. The Morgan fingerprint density at radius 1 is 1.03 bits per heavy atom. The van der Waals surface area contributed by atoms with E-state index in [1.54, 1.807) is 24.2 Å². The second-order valence-electron chi connectivity index (χ2n) is 7.56. The van der Waals surface area contributed by atoms with Gasteiger partial charge in [-0.2, -0.15) is 0 Å². The number of carbonyl (C=O) groups is 1. The summed E-state index contributed by atoms with van der Waals surface area (Å²) in [4.78, 5) is 25.2. The summed E-state index contributed by atoms with van der Waals surface area (Å²) in [6.07, 6.45) is 5.13. The predicted octanol–water partition coefficient (Wildman–Crippen LogP) is 4.47. The summed E-state index contributed by atoms with van der Waals surface area (Å²) in [5, 5.41) is 4.01. The molecule has 0 aliphatic carbocycles. The van der Waals surface area contributed by atoms with Crippen LogP contribution in [0.15, 0.2) is 76.9 Å². The van der Waals surface area contributed by atoms with Crippen molar-refractivity contribution in [2.75, 3.05) is 18.0 Å². The van der Waals surface area contributed by atoms with Crippen LogP contribution in [0, 0.1) is 12.8 Å². The van der Waals surface area contributed by atoms with E-state index in [0.29, 0.717) is 6.54 Å². The summed E-state index contributed by atoms with van der Waals surface area (Å²) < 4.78 is 0. The van der Waals surface area contributed by atoms with Crippen LogP contribution >= 0.6 is 11.8 Å². The smallest absolute Gasteiger partial charge is 0.223 e. The summed E-state index contributed by atoms with van der Waals surface area (Å²) in [5.41, 5.74) is 2.36. The Morgan fingerprint density at radius 3 is 2.47 bits per heavy atom. The van der Waals surface area contributed by atoms with Gasteiger partial charge in [0.05, 0.1) is 0 Å². The summed E-state index contributed by atoms with van der Waals surface area (Å²) in [6, 6.07) is 18.5. The molecule has 4 rings (SSSR count). The molecule has 6 heteroatoms. The van der Waals surface area contributed by atoms with Crippen LogP contribution in [0.1, 0.15) is 24.0 Å². The van der Waals surface area contributed by atoms with Crippen LogP contribution in [0.5, 0.6) is 0 Å². The summed E-state index contributed by atoms with van der Waals surface area (Å²) in [5.74, 6) is 1.10. The van der Waals surface area contributed by atoms with Crippen molar-refractivity contribution in [1.29, 1.82) is 0 Å². The van der Waals surface area contributed by atoms with Gasteiger partial charge in [0.1, 0.15) is 5.03 Å². The van der Waals surface area contributed by atoms with Crippen LogP contribution in [-0.4, -0.2) is 29.0 Å². The van der Waals surface area contributed by atoms with Gasteiger partial charge in [-0.3, -0.25) is 4.79 Å². The Kier molecular flexibility index (Phi) is 6.64. The van der Waals surface area contributed by atoms with E-state index in [4.69, 9.17) is 0 Å². The third-order valence-corrected chi connectivity index (χ3v) is 6.35. The van der Waals surface area contributed by atoms with Crippen LogP contribution in [0.25, 0.3) is 0 Å². The first-order valence-corrected chi connectivity index (χ1v) is 11.1. The van der Waals surface area contributed by atoms with Gasteiger partial charge in [0.2, 0.25) is 5.91 Å². The van der Waals surface area contributed by atoms with Crippen molar-refractivity contribution in [1.82, 2.24) is 15.3 Å². The molecule has 0 radical (unpaired) electrons. The number of piperidine rings is 1. The number of aryl methyl sites for hydroxylation is 1. The number of hydrogen-bond donors (Lipinski definition) is 1. The van der Waals surface area contributed by atoms with Gasteiger partial charge in [-0.25, -0.2) is 9.97 Å². The van der Waals surface area contributed by atoms with Crippen molar-refractivity contribution >= 4 is 23.5 Å². The molecule has 1 saturated heterocycles.